The second kappa shape index (κ2) is 7.04. The molecule has 148 valence electrons. The number of benzene rings is 2. The molecule has 3 aromatic rings. The van der Waals surface area contributed by atoms with Crippen molar-refractivity contribution in [3.05, 3.63) is 64.8 Å². The van der Waals surface area contributed by atoms with E-state index in [9.17, 15) is 9.59 Å². The van der Waals surface area contributed by atoms with Gasteiger partial charge in [0.2, 0.25) is 5.91 Å². The van der Waals surface area contributed by atoms with Gasteiger partial charge in [-0.3, -0.25) is 9.59 Å². The predicted molar refractivity (Wildman–Crippen MR) is 113 cm³/mol. The molecule has 6 heteroatoms. The zero-order valence-electron chi connectivity index (χ0n) is 16.4. The number of amides is 2. The van der Waals surface area contributed by atoms with Crippen LogP contribution in [0, 0.1) is 0 Å². The van der Waals surface area contributed by atoms with Crippen LogP contribution in [0.1, 0.15) is 33.6 Å². The minimum atomic E-state index is -0.545. The third kappa shape index (κ3) is 3.29. The first kappa shape index (κ1) is 17.9. The maximum Gasteiger partial charge on any atom is 0.251 e. The Hall–Kier alpha value is -3.12. The van der Waals surface area contributed by atoms with Gasteiger partial charge in [-0.05, 0) is 55.3 Å². The third-order valence-electron chi connectivity index (χ3n) is 6.03. The van der Waals surface area contributed by atoms with Gasteiger partial charge in [0, 0.05) is 47.4 Å². The SMILES string of the molecule is CN1CCc2[nH]c3ccc(C(=O)NC4CCc5ccccc5NC4=O)cc3c2C1. The molecule has 0 bridgehead atoms. The second-order valence-corrected chi connectivity index (χ2v) is 8.04. The predicted octanol–water partition coefficient (Wildman–Crippen LogP) is 2.84. The van der Waals surface area contributed by atoms with Crippen molar-refractivity contribution < 1.29 is 9.59 Å². The van der Waals surface area contributed by atoms with Crippen LogP contribution in [0.4, 0.5) is 5.69 Å². The van der Waals surface area contributed by atoms with Crippen LogP contribution in [-0.2, 0) is 24.2 Å². The smallest absolute Gasteiger partial charge is 0.251 e. The highest BCUT2D eigenvalue weighted by Gasteiger charge is 2.26. The van der Waals surface area contributed by atoms with E-state index in [0.717, 1.165) is 48.1 Å². The van der Waals surface area contributed by atoms with E-state index in [2.05, 4.69) is 27.6 Å². The number of anilines is 1. The highest BCUT2D eigenvalue weighted by atomic mass is 16.2. The van der Waals surface area contributed by atoms with Crippen molar-refractivity contribution in [2.45, 2.75) is 31.8 Å². The molecule has 5 rings (SSSR count). The van der Waals surface area contributed by atoms with Crippen LogP contribution in [0.3, 0.4) is 0 Å². The van der Waals surface area contributed by atoms with E-state index in [1.807, 2.05) is 42.5 Å². The van der Waals surface area contributed by atoms with Crippen molar-refractivity contribution >= 4 is 28.4 Å². The van der Waals surface area contributed by atoms with Crippen molar-refractivity contribution in [1.82, 2.24) is 15.2 Å². The summed E-state index contributed by atoms with van der Waals surface area (Å²) in [6, 6.07) is 13.0. The monoisotopic (exact) mass is 388 g/mol. The van der Waals surface area contributed by atoms with Crippen molar-refractivity contribution in [1.29, 1.82) is 0 Å². The molecule has 1 aromatic heterocycles. The van der Waals surface area contributed by atoms with E-state index in [0.29, 0.717) is 12.0 Å². The molecule has 3 N–H and O–H groups in total. The highest BCUT2D eigenvalue weighted by Crippen LogP contribution is 2.28. The van der Waals surface area contributed by atoms with E-state index >= 15 is 0 Å². The molecule has 0 saturated heterocycles. The number of likely N-dealkylation sites (N-methyl/N-ethyl adjacent to an activating group) is 1. The molecule has 2 amide bonds. The summed E-state index contributed by atoms with van der Waals surface area (Å²) < 4.78 is 0. The Morgan fingerprint density at radius 3 is 2.93 bits per heavy atom. The molecule has 2 aliphatic rings. The van der Waals surface area contributed by atoms with Gasteiger partial charge in [0.05, 0.1) is 0 Å². The average Bonchev–Trinajstić information content (AvgIpc) is 3.00. The molecular weight excluding hydrogens is 364 g/mol. The van der Waals surface area contributed by atoms with Crippen LogP contribution < -0.4 is 10.6 Å². The number of nitrogens with one attached hydrogen (secondary N) is 3. The number of hydrogen-bond acceptors (Lipinski definition) is 3. The molecule has 0 spiro atoms. The largest absolute Gasteiger partial charge is 0.358 e. The average molecular weight is 388 g/mol. The van der Waals surface area contributed by atoms with Gasteiger partial charge < -0.3 is 20.5 Å². The summed E-state index contributed by atoms with van der Waals surface area (Å²) in [5, 5.41) is 6.96. The van der Waals surface area contributed by atoms with Gasteiger partial charge in [0.15, 0.2) is 0 Å². The number of para-hydroxylation sites is 1. The summed E-state index contributed by atoms with van der Waals surface area (Å²) in [6.45, 7) is 1.91. The van der Waals surface area contributed by atoms with Gasteiger partial charge in [-0.15, -0.1) is 0 Å². The Morgan fingerprint density at radius 2 is 2.03 bits per heavy atom. The number of carbonyl (C=O) groups excluding carboxylic acids is 2. The van der Waals surface area contributed by atoms with Crippen LogP contribution in [-0.4, -0.2) is 41.3 Å². The van der Waals surface area contributed by atoms with Gasteiger partial charge in [-0.1, -0.05) is 18.2 Å². The fourth-order valence-electron chi connectivity index (χ4n) is 4.38. The van der Waals surface area contributed by atoms with Crippen molar-refractivity contribution in [3.63, 3.8) is 0 Å². The lowest BCUT2D eigenvalue weighted by Crippen LogP contribution is -2.43. The standard InChI is InChI=1S/C23H24N4O2/c1-27-11-10-20-17(13-27)16-12-15(7-8-19(16)24-20)22(28)26-21-9-6-14-4-2-3-5-18(14)25-23(21)29/h2-5,7-8,12,21,24H,6,9-11,13H2,1H3,(H,25,29)(H,26,28). The number of aryl methyl sites for hydroxylation is 1. The van der Waals surface area contributed by atoms with Crippen molar-refractivity contribution in [3.8, 4) is 0 Å². The number of fused-ring (bicyclic) bond motifs is 4. The number of rotatable bonds is 2. The van der Waals surface area contributed by atoms with E-state index in [4.69, 9.17) is 0 Å². The molecule has 6 nitrogen and oxygen atoms in total. The van der Waals surface area contributed by atoms with Crippen molar-refractivity contribution in [2.75, 3.05) is 18.9 Å². The van der Waals surface area contributed by atoms with Crippen LogP contribution >= 0.6 is 0 Å². The fraction of sp³-hybridized carbons (Fsp3) is 0.304. The third-order valence-corrected chi connectivity index (χ3v) is 6.03. The molecule has 0 aliphatic carbocycles. The lowest BCUT2D eigenvalue weighted by molar-refractivity contribution is -0.118. The van der Waals surface area contributed by atoms with Gasteiger partial charge in [0.25, 0.3) is 5.91 Å². The summed E-state index contributed by atoms with van der Waals surface area (Å²) in [6.07, 6.45) is 2.32. The number of nitrogens with zero attached hydrogens (tertiary/aromatic N) is 1. The Balaban J connectivity index is 1.38. The van der Waals surface area contributed by atoms with Crippen LogP contribution in [0.15, 0.2) is 42.5 Å². The summed E-state index contributed by atoms with van der Waals surface area (Å²) >= 11 is 0. The van der Waals surface area contributed by atoms with E-state index in [1.165, 1.54) is 11.3 Å². The first-order chi connectivity index (χ1) is 14.1. The van der Waals surface area contributed by atoms with Crippen LogP contribution in [0.5, 0.6) is 0 Å². The van der Waals surface area contributed by atoms with Gasteiger partial charge in [-0.25, -0.2) is 0 Å². The minimum Gasteiger partial charge on any atom is -0.358 e. The second-order valence-electron chi connectivity index (χ2n) is 8.04. The summed E-state index contributed by atoms with van der Waals surface area (Å²) in [4.78, 5) is 31.3. The minimum absolute atomic E-state index is 0.162. The van der Waals surface area contributed by atoms with Crippen LogP contribution in [0.2, 0.25) is 0 Å². The molecule has 1 atom stereocenters. The molecule has 1 unspecified atom stereocenters. The Kier molecular flexibility index (Phi) is 4.36. The lowest BCUT2D eigenvalue weighted by atomic mass is 10.0. The molecular formula is C23H24N4O2. The number of carbonyl (C=O) groups is 2. The maximum atomic E-state index is 12.9. The number of aromatic nitrogens is 1. The molecule has 0 radical (unpaired) electrons. The van der Waals surface area contributed by atoms with Gasteiger partial charge >= 0.3 is 0 Å². The Bertz CT molecular complexity index is 1120. The first-order valence-corrected chi connectivity index (χ1v) is 10.1. The molecule has 2 aromatic carbocycles. The normalized spacial score (nSPS) is 19.2. The molecule has 2 aliphatic heterocycles. The zero-order valence-corrected chi connectivity index (χ0v) is 16.4. The number of H-pyrrole nitrogens is 1. The summed E-state index contributed by atoms with van der Waals surface area (Å²) in [7, 11) is 2.11. The number of hydrogen-bond donors (Lipinski definition) is 3. The fourth-order valence-corrected chi connectivity index (χ4v) is 4.38. The summed E-state index contributed by atoms with van der Waals surface area (Å²) in [5.74, 6) is -0.373. The topological polar surface area (TPSA) is 77.2 Å². The van der Waals surface area contributed by atoms with E-state index in [-0.39, 0.29) is 11.8 Å². The number of aromatic amines is 1. The zero-order chi connectivity index (χ0) is 20.0. The molecule has 3 heterocycles. The first-order valence-electron chi connectivity index (χ1n) is 10.1. The highest BCUT2D eigenvalue weighted by molar-refractivity contribution is 6.03. The Labute approximate surface area is 169 Å². The van der Waals surface area contributed by atoms with Crippen LogP contribution in [0.25, 0.3) is 10.9 Å². The molecule has 0 fully saturated rings. The maximum absolute atomic E-state index is 12.9. The Morgan fingerprint density at radius 1 is 1.17 bits per heavy atom. The van der Waals surface area contributed by atoms with E-state index in [1.54, 1.807) is 0 Å². The van der Waals surface area contributed by atoms with Gasteiger partial charge in [-0.2, -0.15) is 0 Å². The van der Waals surface area contributed by atoms with Crippen molar-refractivity contribution in [2.24, 2.45) is 0 Å². The molecule has 0 saturated carbocycles. The van der Waals surface area contributed by atoms with E-state index < -0.39 is 6.04 Å². The molecule has 29 heavy (non-hydrogen) atoms. The quantitative estimate of drug-likeness (QED) is 0.632. The lowest BCUT2D eigenvalue weighted by Gasteiger charge is -2.22. The summed E-state index contributed by atoms with van der Waals surface area (Å²) in [5.41, 5.74) is 6.11. The van der Waals surface area contributed by atoms with Gasteiger partial charge in [0.1, 0.15) is 6.04 Å².